The number of carbonyl (C=O) groups excluding carboxylic acids is 1. The fraction of sp³-hybridized carbons (Fsp3) is 0.176. The molecule has 3 rings (SSSR count). The molecule has 112 valence electrons. The van der Waals surface area contributed by atoms with Crippen LogP contribution in [0.2, 0.25) is 0 Å². The van der Waals surface area contributed by atoms with Crippen molar-refractivity contribution in [3.8, 4) is 5.75 Å². The molecule has 1 amide bonds. The van der Waals surface area contributed by atoms with Crippen LogP contribution in [-0.4, -0.2) is 21.7 Å². The van der Waals surface area contributed by atoms with Gasteiger partial charge in [0.05, 0.1) is 11.8 Å². The summed E-state index contributed by atoms with van der Waals surface area (Å²) in [5.74, 6) is 0.121. The SMILES string of the molecule is CC(=O)N1N=C(c2ccc(Br)cc2)C[C@H]1c1ccc(O)cc1. The molecular weight excluding hydrogens is 344 g/mol. The Bertz CT molecular complexity index is 723. The van der Waals surface area contributed by atoms with Gasteiger partial charge in [-0.2, -0.15) is 5.10 Å². The molecule has 0 unspecified atom stereocenters. The summed E-state index contributed by atoms with van der Waals surface area (Å²) >= 11 is 3.42. The molecule has 22 heavy (non-hydrogen) atoms. The lowest BCUT2D eigenvalue weighted by Gasteiger charge is -2.20. The zero-order valence-electron chi connectivity index (χ0n) is 12.0. The summed E-state index contributed by atoms with van der Waals surface area (Å²) in [5, 5.41) is 15.4. The first-order chi connectivity index (χ1) is 10.5. The topological polar surface area (TPSA) is 52.9 Å². The smallest absolute Gasteiger partial charge is 0.240 e. The van der Waals surface area contributed by atoms with Gasteiger partial charge in [0.25, 0.3) is 0 Å². The molecule has 0 radical (unpaired) electrons. The average Bonchev–Trinajstić information content (AvgIpc) is 2.94. The van der Waals surface area contributed by atoms with Crippen molar-refractivity contribution < 1.29 is 9.90 Å². The number of carbonyl (C=O) groups is 1. The molecule has 0 saturated carbocycles. The molecule has 1 aliphatic heterocycles. The summed E-state index contributed by atoms with van der Waals surface area (Å²) < 4.78 is 1.01. The lowest BCUT2D eigenvalue weighted by Crippen LogP contribution is -2.24. The third-order valence-corrected chi connectivity index (χ3v) is 4.22. The fourth-order valence-electron chi connectivity index (χ4n) is 2.57. The average molecular weight is 359 g/mol. The molecule has 0 aromatic heterocycles. The quantitative estimate of drug-likeness (QED) is 0.886. The van der Waals surface area contributed by atoms with E-state index in [1.54, 1.807) is 12.1 Å². The van der Waals surface area contributed by atoms with Crippen molar-refractivity contribution in [2.75, 3.05) is 0 Å². The molecule has 0 spiro atoms. The van der Waals surface area contributed by atoms with Crippen LogP contribution < -0.4 is 0 Å². The summed E-state index contributed by atoms with van der Waals surface area (Å²) in [4.78, 5) is 11.9. The molecule has 1 atom stereocenters. The number of hydrazone groups is 1. The van der Waals surface area contributed by atoms with E-state index >= 15 is 0 Å². The molecule has 0 aliphatic carbocycles. The molecule has 0 saturated heterocycles. The van der Waals surface area contributed by atoms with E-state index < -0.39 is 0 Å². The maximum absolute atomic E-state index is 11.9. The van der Waals surface area contributed by atoms with E-state index in [-0.39, 0.29) is 17.7 Å². The number of phenolic OH excluding ortho intramolecular Hbond substituents is 1. The Hall–Kier alpha value is -2.14. The molecular formula is C17H15BrN2O2. The third-order valence-electron chi connectivity index (χ3n) is 3.69. The van der Waals surface area contributed by atoms with E-state index in [1.165, 1.54) is 11.9 Å². The van der Waals surface area contributed by atoms with Crippen LogP contribution in [0.5, 0.6) is 5.75 Å². The molecule has 1 aliphatic rings. The molecule has 1 heterocycles. The van der Waals surface area contributed by atoms with Crippen molar-refractivity contribution in [3.05, 3.63) is 64.1 Å². The highest BCUT2D eigenvalue weighted by Gasteiger charge is 2.31. The van der Waals surface area contributed by atoms with Crippen molar-refractivity contribution in [2.24, 2.45) is 5.10 Å². The Balaban J connectivity index is 1.92. The second kappa shape index (κ2) is 5.93. The molecule has 0 bridgehead atoms. The maximum Gasteiger partial charge on any atom is 0.240 e. The van der Waals surface area contributed by atoms with Crippen molar-refractivity contribution >= 4 is 27.5 Å². The van der Waals surface area contributed by atoms with Crippen LogP contribution in [0.4, 0.5) is 0 Å². The van der Waals surface area contributed by atoms with Crippen LogP contribution in [-0.2, 0) is 4.79 Å². The highest BCUT2D eigenvalue weighted by Crippen LogP contribution is 2.33. The van der Waals surface area contributed by atoms with Crippen LogP contribution in [0.25, 0.3) is 0 Å². The second-order valence-corrected chi connectivity index (χ2v) is 6.14. The zero-order chi connectivity index (χ0) is 15.7. The van der Waals surface area contributed by atoms with Gasteiger partial charge in [-0.05, 0) is 35.4 Å². The van der Waals surface area contributed by atoms with Crippen LogP contribution >= 0.6 is 15.9 Å². The first-order valence-corrected chi connectivity index (χ1v) is 7.76. The molecule has 2 aromatic carbocycles. The lowest BCUT2D eigenvalue weighted by atomic mass is 9.98. The van der Waals surface area contributed by atoms with Gasteiger partial charge < -0.3 is 5.11 Å². The van der Waals surface area contributed by atoms with Gasteiger partial charge in [0, 0.05) is 17.8 Å². The monoisotopic (exact) mass is 358 g/mol. The summed E-state index contributed by atoms with van der Waals surface area (Å²) in [6, 6.07) is 14.7. The summed E-state index contributed by atoms with van der Waals surface area (Å²) in [6.07, 6.45) is 0.659. The van der Waals surface area contributed by atoms with Gasteiger partial charge in [-0.15, -0.1) is 0 Å². The maximum atomic E-state index is 11.9. The van der Waals surface area contributed by atoms with Crippen molar-refractivity contribution in [2.45, 2.75) is 19.4 Å². The van der Waals surface area contributed by atoms with E-state index in [4.69, 9.17) is 0 Å². The normalized spacial score (nSPS) is 17.5. The van der Waals surface area contributed by atoms with Gasteiger partial charge in [0.2, 0.25) is 5.91 Å². The van der Waals surface area contributed by atoms with E-state index in [0.717, 1.165) is 21.3 Å². The molecule has 2 aromatic rings. The number of amides is 1. The van der Waals surface area contributed by atoms with Crippen molar-refractivity contribution in [1.29, 1.82) is 0 Å². The summed E-state index contributed by atoms with van der Waals surface area (Å²) in [6.45, 7) is 1.52. The van der Waals surface area contributed by atoms with Gasteiger partial charge in [0.15, 0.2) is 0 Å². The highest BCUT2D eigenvalue weighted by molar-refractivity contribution is 9.10. The molecule has 4 nitrogen and oxygen atoms in total. The largest absolute Gasteiger partial charge is 0.508 e. The number of hydrogen-bond donors (Lipinski definition) is 1. The number of aromatic hydroxyl groups is 1. The van der Waals surface area contributed by atoms with E-state index in [9.17, 15) is 9.90 Å². The molecule has 5 heteroatoms. The zero-order valence-corrected chi connectivity index (χ0v) is 13.6. The minimum absolute atomic E-state index is 0.0924. The number of halogens is 1. The molecule has 0 fully saturated rings. The minimum atomic E-state index is -0.128. The number of rotatable bonds is 2. The first kappa shape index (κ1) is 14.8. The number of benzene rings is 2. The fourth-order valence-corrected chi connectivity index (χ4v) is 2.84. The van der Waals surface area contributed by atoms with Crippen LogP contribution in [0.1, 0.15) is 30.5 Å². The summed E-state index contributed by atoms with van der Waals surface area (Å²) in [5.41, 5.74) is 2.86. The predicted molar refractivity (Wildman–Crippen MR) is 88.7 cm³/mol. The standard InChI is InChI=1S/C17H15BrN2O2/c1-11(21)20-17(13-4-8-15(22)9-5-13)10-16(19-20)12-2-6-14(18)7-3-12/h2-9,17,22H,10H2,1H3/t17-/m0/s1. The van der Waals surface area contributed by atoms with Gasteiger partial charge in [-0.3, -0.25) is 4.79 Å². The Morgan fingerprint density at radius 1 is 1.18 bits per heavy atom. The third kappa shape index (κ3) is 2.90. The Morgan fingerprint density at radius 3 is 2.41 bits per heavy atom. The number of phenols is 1. The first-order valence-electron chi connectivity index (χ1n) is 6.97. The Labute approximate surface area is 137 Å². The van der Waals surface area contributed by atoms with Crippen LogP contribution in [0.15, 0.2) is 58.1 Å². The van der Waals surface area contributed by atoms with Crippen LogP contribution in [0.3, 0.4) is 0 Å². The van der Waals surface area contributed by atoms with Crippen molar-refractivity contribution in [1.82, 2.24) is 5.01 Å². The van der Waals surface area contributed by atoms with E-state index in [1.807, 2.05) is 36.4 Å². The number of nitrogens with zero attached hydrogens (tertiary/aromatic N) is 2. The number of hydrogen-bond acceptors (Lipinski definition) is 3. The van der Waals surface area contributed by atoms with Gasteiger partial charge in [-0.1, -0.05) is 40.2 Å². The van der Waals surface area contributed by atoms with Gasteiger partial charge in [-0.25, -0.2) is 5.01 Å². The van der Waals surface area contributed by atoms with Gasteiger partial charge in [0.1, 0.15) is 5.75 Å². The minimum Gasteiger partial charge on any atom is -0.508 e. The molecule has 1 N–H and O–H groups in total. The Morgan fingerprint density at radius 2 is 1.82 bits per heavy atom. The van der Waals surface area contributed by atoms with E-state index in [2.05, 4.69) is 21.0 Å². The van der Waals surface area contributed by atoms with Gasteiger partial charge >= 0.3 is 0 Å². The second-order valence-electron chi connectivity index (χ2n) is 5.23. The highest BCUT2D eigenvalue weighted by atomic mass is 79.9. The lowest BCUT2D eigenvalue weighted by molar-refractivity contribution is -0.130. The predicted octanol–water partition coefficient (Wildman–Crippen LogP) is 3.85. The van der Waals surface area contributed by atoms with Crippen molar-refractivity contribution in [3.63, 3.8) is 0 Å². The summed E-state index contributed by atoms with van der Waals surface area (Å²) in [7, 11) is 0. The van der Waals surface area contributed by atoms with Crippen LogP contribution in [0, 0.1) is 0 Å². The van der Waals surface area contributed by atoms with E-state index in [0.29, 0.717) is 6.42 Å². The Kier molecular flexibility index (Phi) is 3.98.